The highest BCUT2D eigenvalue weighted by molar-refractivity contribution is 5.13. The zero-order chi connectivity index (χ0) is 14.8. The molecule has 0 aliphatic carbocycles. The quantitative estimate of drug-likeness (QED) is 0.702. The standard InChI is InChI=1S/C17H26O3/c1-4-19-11-10-16(18)12-17(14(2)3)20-13-15-8-6-5-7-9-15/h5-11,14,16-18H,4,12-13H2,1-3H3/b11-10+/t16-,17-/m0/s1. The molecule has 20 heavy (non-hydrogen) atoms. The molecule has 1 aromatic rings. The monoisotopic (exact) mass is 278 g/mol. The Morgan fingerprint density at radius 1 is 1.20 bits per heavy atom. The molecule has 0 aliphatic heterocycles. The molecule has 3 nitrogen and oxygen atoms in total. The summed E-state index contributed by atoms with van der Waals surface area (Å²) in [5, 5.41) is 9.95. The topological polar surface area (TPSA) is 38.7 Å². The van der Waals surface area contributed by atoms with E-state index in [9.17, 15) is 5.11 Å². The number of rotatable bonds is 9. The van der Waals surface area contributed by atoms with Crippen LogP contribution < -0.4 is 0 Å². The Balaban J connectivity index is 2.44. The van der Waals surface area contributed by atoms with E-state index in [4.69, 9.17) is 9.47 Å². The normalized spacial score (nSPS) is 14.7. The number of aliphatic hydroxyl groups excluding tert-OH is 1. The molecule has 0 radical (unpaired) electrons. The Morgan fingerprint density at radius 3 is 2.50 bits per heavy atom. The number of benzene rings is 1. The van der Waals surface area contributed by atoms with Gasteiger partial charge in [0.25, 0.3) is 0 Å². The predicted molar refractivity (Wildman–Crippen MR) is 81.2 cm³/mol. The van der Waals surface area contributed by atoms with Crippen molar-refractivity contribution in [1.29, 1.82) is 0 Å². The van der Waals surface area contributed by atoms with Crippen LogP contribution in [0.1, 0.15) is 32.8 Å². The second-order valence-corrected chi connectivity index (χ2v) is 5.17. The molecule has 0 aliphatic rings. The van der Waals surface area contributed by atoms with E-state index in [-0.39, 0.29) is 6.10 Å². The van der Waals surface area contributed by atoms with Crippen LogP contribution in [0.15, 0.2) is 42.7 Å². The maximum absolute atomic E-state index is 9.95. The number of ether oxygens (including phenoxy) is 2. The smallest absolute Gasteiger partial charge is 0.0845 e. The summed E-state index contributed by atoms with van der Waals surface area (Å²) in [6, 6.07) is 10.1. The maximum atomic E-state index is 9.95. The second-order valence-electron chi connectivity index (χ2n) is 5.17. The zero-order valence-electron chi connectivity index (χ0n) is 12.7. The van der Waals surface area contributed by atoms with E-state index in [0.29, 0.717) is 25.6 Å². The summed E-state index contributed by atoms with van der Waals surface area (Å²) in [7, 11) is 0. The highest BCUT2D eigenvalue weighted by Gasteiger charge is 2.17. The fourth-order valence-electron chi connectivity index (χ4n) is 1.87. The van der Waals surface area contributed by atoms with E-state index >= 15 is 0 Å². The van der Waals surface area contributed by atoms with Gasteiger partial charge < -0.3 is 14.6 Å². The molecule has 1 rings (SSSR count). The predicted octanol–water partition coefficient (Wildman–Crippen LogP) is 3.53. The molecule has 3 heteroatoms. The Kier molecular flexibility index (Phi) is 8.00. The van der Waals surface area contributed by atoms with Crippen molar-refractivity contribution in [2.45, 2.75) is 46.0 Å². The molecule has 112 valence electrons. The van der Waals surface area contributed by atoms with Crippen molar-refractivity contribution in [3.63, 3.8) is 0 Å². The van der Waals surface area contributed by atoms with Crippen molar-refractivity contribution >= 4 is 0 Å². The fraction of sp³-hybridized carbons (Fsp3) is 0.529. The average molecular weight is 278 g/mol. The first-order chi connectivity index (χ1) is 9.63. The Hall–Kier alpha value is -1.32. The molecular formula is C17H26O3. The summed E-state index contributed by atoms with van der Waals surface area (Å²) in [6.07, 6.45) is 3.29. The van der Waals surface area contributed by atoms with Crippen LogP contribution in [0.2, 0.25) is 0 Å². The van der Waals surface area contributed by atoms with Gasteiger partial charge in [-0.25, -0.2) is 0 Å². The maximum Gasteiger partial charge on any atom is 0.0845 e. The number of aliphatic hydroxyl groups is 1. The lowest BCUT2D eigenvalue weighted by Gasteiger charge is -2.23. The van der Waals surface area contributed by atoms with Gasteiger partial charge in [-0.15, -0.1) is 0 Å². The fourth-order valence-corrected chi connectivity index (χ4v) is 1.87. The van der Waals surface area contributed by atoms with E-state index in [1.54, 1.807) is 12.3 Å². The minimum Gasteiger partial charge on any atom is -0.502 e. The molecule has 1 aromatic carbocycles. The van der Waals surface area contributed by atoms with Crippen LogP contribution in [-0.2, 0) is 16.1 Å². The lowest BCUT2D eigenvalue weighted by Crippen LogP contribution is -2.25. The van der Waals surface area contributed by atoms with Crippen molar-refractivity contribution in [2.75, 3.05) is 6.61 Å². The molecule has 0 bridgehead atoms. The lowest BCUT2D eigenvalue weighted by atomic mass is 10.0. The summed E-state index contributed by atoms with van der Waals surface area (Å²) in [4.78, 5) is 0. The first-order valence-electron chi connectivity index (χ1n) is 7.25. The second kappa shape index (κ2) is 9.56. The van der Waals surface area contributed by atoms with Gasteiger partial charge in [-0.3, -0.25) is 0 Å². The summed E-state index contributed by atoms with van der Waals surface area (Å²) < 4.78 is 11.0. The van der Waals surface area contributed by atoms with Gasteiger partial charge in [-0.05, 0) is 24.5 Å². The number of hydrogen-bond acceptors (Lipinski definition) is 3. The largest absolute Gasteiger partial charge is 0.502 e. The van der Waals surface area contributed by atoms with E-state index in [1.165, 1.54) is 0 Å². The molecule has 0 fully saturated rings. The van der Waals surface area contributed by atoms with Gasteiger partial charge in [-0.2, -0.15) is 0 Å². The van der Waals surface area contributed by atoms with Gasteiger partial charge in [0.1, 0.15) is 0 Å². The molecule has 0 heterocycles. The molecule has 2 atom stereocenters. The van der Waals surface area contributed by atoms with E-state index in [2.05, 4.69) is 13.8 Å². The van der Waals surface area contributed by atoms with Crippen molar-refractivity contribution in [2.24, 2.45) is 5.92 Å². The third-order valence-corrected chi connectivity index (χ3v) is 3.09. The molecule has 0 amide bonds. The summed E-state index contributed by atoms with van der Waals surface area (Å²) in [5.74, 6) is 0.355. The molecular weight excluding hydrogens is 252 g/mol. The third-order valence-electron chi connectivity index (χ3n) is 3.09. The lowest BCUT2D eigenvalue weighted by molar-refractivity contribution is -0.0140. The Bertz CT molecular complexity index is 373. The molecule has 0 unspecified atom stereocenters. The van der Waals surface area contributed by atoms with Gasteiger partial charge in [0.05, 0.1) is 31.7 Å². The van der Waals surface area contributed by atoms with Crippen molar-refractivity contribution in [3.8, 4) is 0 Å². The van der Waals surface area contributed by atoms with Crippen LogP contribution in [0.4, 0.5) is 0 Å². The van der Waals surface area contributed by atoms with Gasteiger partial charge in [0.2, 0.25) is 0 Å². The van der Waals surface area contributed by atoms with Crippen LogP contribution in [0, 0.1) is 5.92 Å². The van der Waals surface area contributed by atoms with Crippen LogP contribution in [0.3, 0.4) is 0 Å². The van der Waals surface area contributed by atoms with E-state index in [0.717, 1.165) is 5.56 Å². The highest BCUT2D eigenvalue weighted by atomic mass is 16.5. The Labute approximate surface area is 122 Å². The molecule has 0 saturated carbocycles. The third kappa shape index (κ3) is 6.73. The summed E-state index contributed by atoms with van der Waals surface area (Å²) in [5.41, 5.74) is 1.15. The van der Waals surface area contributed by atoms with Crippen molar-refractivity contribution in [3.05, 3.63) is 48.2 Å². The van der Waals surface area contributed by atoms with Crippen LogP contribution in [-0.4, -0.2) is 23.9 Å². The Morgan fingerprint density at radius 2 is 1.90 bits per heavy atom. The highest BCUT2D eigenvalue weighted by Crippen LogP contribution is 2.16. The zero-order valence-corrected chi connectivity index (χ0v) is 12.7. The van der Waals surface area contributed by atoms with Gasteiger partial charge in [0.15, 0.2) is 0 Å². The average Bonchev–Trinajstić information content (AvgIpc) is 2.44. The number of hydrogen-bond donors (Lipinski definition) is 1. The minimum absolute atomic E-state index is 0.0245. The first kappa shape index (κ1) is 16.7. The van der Waals surface area contributed by atoms with Gasteiger partial charge in [0, 0.05) is 6.42 Å². The van der Waals surface area contributed by atoms with Gasteiger partial charge in [-0.1, -0.05) is 44.2 Å². The molecule has 0 saturated heterocycles. The minimum atomic E-state index is -0.537. The summed E-state index contributed by atoms with van der Waals surface area (Å²) >= 11 is 0. The first-order valence-corrected chi connectivity index (χ1v) is 7.25. The van der Waals surface area contributed by atoms with E-state index < -0.39 is 6.10 Å². The van der Waals surface area contributed by atoms with Crippen LogP contribution >= 0.6 is 0 Å². The van der Waals surface area contributed by atoms with Gasteiger partial charge >= 0.3 is 0 Å². The summed E-state index contributed by atoms with van der Waals surface area (Å²) in [6.45, 7) is 7.31. The van der Waals surface area contributed by atoms with Crippen LogP contribution in [0.25, 0.3) is 0 Å². The molecule has 0 spiro atoms. The van der Waals surface area contributed by atoms with Crippen LogP contribution in [0.5, 0.6) is 0 Å². The SMILES string of the molecule is CCO/C=C/[C@H](O)C[C@H](OCc1ccccc1)C(C)C. The van der Waals surface area contributed by atoms with Crippen molar-refractivity contribution < 1.29 is 14.6 Å². The van der Waals surface area contributed by atoms with Crippen molar-refractivity contribution in [1.82, 2.24) is 0 Å². The molecule has 1 N–H and O–H groups in total. The molecule has 0 aromatic heterocycles. The van der Waals surface area contributed by atoms with E-state index in [1.807, 2.05) is 37.3 Å².